The summed E-state index contributed by atoms with van der Waals surface area (Å²) in [6.07, 6.45) is 0.777. The maximum Gasteiger partial charge on any atom is 0.257 e. The predicted molar refractivity (Wildman–Crippen MR) is 93.9 cm³/mol. The SMILES string of the molecule is CC(C)c1ccc(CCNC(=O)COc2ccccc2C#N)cc1. The van der Waals surface area contributed by atoms with Crippen LogP contribution < -0.4 is 10.1 Å². The lowest BCUT2D eigenvalue weighted by Gasteiger charge is -2.09. The quantitative estimate of drug-likeness (QED) is 0.849. The van der Waals surface area contributed by atoms with E-state index in [4.69, 9.17) is 10.00 Å². The zero-order chi connectivity index (χ0) is 17.4. The van der Waals surface area contributed by atoms with Crippen LogP contribution in [0.3, 0.4) is 0 Å². The number of nitriles is 1. The van der Waals surface area contributed by atoms with Gasteiger partial charge in [-0.2, -0.15) is 5.26 Å². The predicted octanol–water partition coefficient (Wildman–Crippen LogP) is 3.42. The van der Waals surface area contributed by atoms with Gasteiger partial charge >= 0.3 is 0 Å². The maximum atomic E-state index is 11.8. The van der Waals surface area contributed by atoms with E-state index in [-0.39, 0.29) is 12.5 Å². The first-order valence-electron chi connectivity index (χ1n) is 8.07. The van der Waals surface area contributed by atoms with Gasteiger partial charge in [-0.25, -0.2) is 0 Å². The van der Waals surface area contributed by atoms with Crippen LogP contribution in [0.15, 0.2) is 48.5 Å². The summed E-state index contributed by atoms with van der Waals surface area (Å²) in [4.78, 5) is 11.8. The molecule has 2 aromatic carbocycles. The van der Waals surface area contributed by atoms with Crippen molar-refractivity contribution in [3.63, 3.8) is 0 Å². The van der Waals surface area contributed by atoms with Crippen molar-refractivity contribution >= 4 is 5.91 Å². The van der Waals surface area contributed by atoms with Gasteiger partial charge in [-0.3, -0.25) is 4.79 Å². The highest BCUT2D eigenvalue weighted by Crippen LogP contribution is 2.16. The van der Waals surface area contributed by atoms with E-state index < -0.39 is 0 Å². The van der Waals surface area contributed by atoms with E-state index in [0.717, 1.165) is 6.42 Å². The van der Waals surface area contributed by atoms with Crippen LogP contribution in [-0.4, -0.2) is 19.1 Å². The fourth-order valence-electron chi connectivity index (χ4n) is 2.29. The van der Waals surface area contributed by atoms with Gasteiger partial charge in [0.2, 0.25) is 0 Å². The fourth-order valence-corrected chi connectivity index (χ4v) is 2.29. The van der Waals surface area contributed by atoms with E-state index in [9.17, 15) is 4.79 Å². The summed E-state index contributed by atoms with van der Waals surface area (Å²) in [6, 6.07) is 17.4. The highest BCUT2D eigenvalue weighted by atomic mass is 16.5. The second-order valence-corrected chi connectivity index (χ2v) is 5.89. The number of hydrogen-bond acceptors (Lipinski definition) is 3. The molecule has 2 rings (SSSR count). The Hall–Kier alpha value is -2.80. The van der Waals surface area contributed by atoms with E-state index >= 15 is 0 Å². The standard InChI is InChI=1S/C20H22N2O2/c1-15(2)17-9-7-16(8-10-17)11-12-22-20(23)14-24-19-6-4-3-5-18(19)13-21/h3-10,15H,11-12,14H2,1-2H3,(H,22,23). The molecule has 0 bridgehead atoms. The first-order valence-corrected chi connectivity index (χ1v) is 8.07. The smallest absolute Gasteiger partial charge is 0.257 e. The summed E-state index contributed by atoms with van der Waals surface area (Å²) in [5.41, 5.74) is 2.93. The van der Waals surface area contributed by atoms with Gasteiger partial charge in [0.1, 0.15) is 11.8 Å². The summed E-state index contributed by atoms with van der Waals surface area (Å²) in [7, 11) is 0. The van der Waals surface area contributed by atoms with Crippen LogP contribution in [0.5, 0.6) is 5.75 Å². The number of para-hydroxylation sites is 1. The Balaban J connectivity index is 1.74. The Bertz CT molecular complexity index is 715. The molecule has 1 N–H and O–H groups in total. The third-order valence-corrected chi connectivity index (χ3v) is 3.75. The number of rotatable bonds is 7. The molecule has 4 heteroatoms. The van der Waals surface area contributed by atoms with Crippen LogP contribution in [-0.2, 0) is 11.2 Å². The largest absolute Gasteiger partial charge is 0.482 e. The van der Waals surface area contributed by atoms with E-state index in [0.29, 0.717) is 23.8 Å². The average molecular weight is 322 g/mol. The summed E-state index contributed by atoms with van der Waals surface area (Å²) < 4.78 is 5.40. The molecule has 0 aliphatic carbocycles. The van der Waals surface area contributed by atoms with Gasteiger partial charge in [-0.05, 0) is 35.6 Å². The minimum Gasteiger partial charge on any atom is -0.482 e. The fraction of sp³-hybridized carbons (Fsp3) is 0.300. The van der Waals surface area contributed by atoms with Crippen LogP contribution in [0.25, 0.3) is 0 Å². The molecule has 0 fully saturated rings. The Morgan fingerprint density at radius 1 is 1.17 bits per heavy atom. The number of nitrogens with zero attached hydrogens (tertiary/aromatic N) is 1. The van der Waals surface area contributed by atoms with Gasteiger partial charge in [-0.15, -0.1) is 0 Å². The monoisotopic (exact) mass is 322 g/mol. The van der Waals surface area contributed by atoms with Gasteiger partial charge in [0.15, 0.2) is 6.61 Å². The molecular formula is C20H22N2O2. The molecule has 1 amide bonds. The molecule has 0 aromatic heterocycles. The van der Waals surface area contributed by atoms with Crippen molar-refractivity contribution in [3.05, 3.63) is 65.2 Å². The highest BCUT2D eigenvalue weighted by Gasteiger charge is 2.06. The molecule has 0 saturated carbocycles. The normalized spacial score (nSPS) is 10.2. The molecule has 0 aliphatic heterocycles. The molecule has 0 aliphatic rings. The van der Waals surface area contributed by atoms with Crippen molar-refractivity contribution in [2.75, 3.05) is 13.2 Å². The average Bonchev–Trinajstić information content (AvgIpc) is 2.60. The third-order valence-electron chi connectivity index (χ3n) is 3.75. The molecule has 0 heterocycles. The number of nitrogens with one attached hydrogen (secondary N) is 1. The number of ether oxygens (including phenoxy) is 1. The second-order valence-electron chi connectivity index (χ2n) is 5.89. The van der Waals surface area contributed by atoms with Crippen LogP contribution in [0.1, 0.15) is 36.5 Å². The van der Waals surface area contributed by atoms with Crippen LogP contribution >= 0.6 is 0 Å². The lowest BCUT2D eigenvalue weighted by Crippen LogP contribution is -2.30. The van der Waals surface area contributed by atoms with Crippen LogP contribution in [0.4, 0.5) is 0 Å². The molecule has 0 spiro atoms. The van der Waals surface area contributed by atoms with Gasteiger partial charge in [0, 0.05) is 6.54 Å². The second kappa shape index (κ2) is 8.73. The summed E-state index contributed by atoms with van der Waals surface area (Å²) >= 11 is 0. The van der Waals surface area contributed by atoms with E-state index in [1.165, 1.54) is 11.1 Å². The molecule has 0 atom stereocenters. The van der Waals surface area contributed by atoms with E-state index in [1.54, 1.807) is 24.3 Å². The molecule has 24 heavy (non-hydrogen) atoms. The number of hydrogen-bond donors (Lipinski definition) is 1. The molecular weight excluding hydrogens is 300 g/mol. The Morgan fingerprint density at radius 3 is 2.54 bits per heavy atom. The Morgan fingerprint density at radius 2 is 1.88 bits per heavy atom. The number of carbonyl (C=O) groups is 1. The first kappa shape index (κ1) is 17.6. The van der Waals surface area contributed by atoms with Crippen molar-refractivity contribution in [2.24, 2.45) is 0 Å². The number of amides is 1. The summed E-state index contributed by atoms with van der Waals surface area (Å²) in [5.74, 6) is 0.758. The Labute approximate surface area is 143 Å². The Kier molecular flexibility index (Phi) is 6.39. The maximum absolute atomic E-state index is 11.8. The van der Waals surface area contributed by atoms with Gasteiger partial charge in [-0.1, -0.05) is 50.2 Å². The van der Waals surface area contributed by atoms with Crippen molar-refractivity contribution < 1.29 is 9.53 Å². The van der Waals surface area contributed by atoms with Gasteiger partial charge in [0.05, 0.1) is 5.56 Å². The highest BCUT2D eigenvalue weighted by molar-refractivity contribution is 5.77. The topological polar surface area (TPSA) is 62.1 Å². The molecule has 0 radical (unpaired) electrons. The minimum absolute atomic E-state index is 0.0923. The summed E-state index contributed by atoms with van der Waals surface area (Å²) in [6.45, 7) is 4.80. The van der Waals surface area contributed by atoms with Crippen molar-refractivity contribution in [1.82, 2.24) is 5.32 Å². The van der Waals surface area contributed by atoms with E-state index in [2.05, 4.69) is 43.4 Å². The van der Waals surface area contributed by atoms with Crippen molar-refractivity contribution in [1.29, 1.82) is 5.26 Å². The zero-order valence-electron chi connectivity index (χ0n) is 14.1. The van der Waals surface area contributed by atoms with Crippen molar-refractivity contribution in [3.8, 4) is 11.8 Å². The van der Waals surface area contributed by atoms with Gasteiger partial charge < -0.3 is 10.1 Å². The molecule has 4 nitrogen and oxygen atoms in total. The molecule has 0 saturated heterocycles. The first-order chi connectivity index (χ1) is 11.6. The molecule has 2 aromatic rings. The zero-order valence-corrected chi connectivity index (χ0v) is 14.1. The lowest BCUT2D eigenvalue weighted by molar-refractivity contribution is -0.123. The molecule has 124 valence electrons. The third kappa shape index (κ3) is 5.13. The van der Waals surface area contributed by atoms with Crippen molar-refractivity contribution in [2.45, 2.75) is 26.2 Å². The molecule has 0 unspecified atom stereocenters. The van der Waals surface area contributed by atoms with Crippen LogP contribution in [0, 0.1) is 11.3 Å². The number of benzene rings is 2. The summed E-state index contributed by atoms with van der Waals surface area (Å²) in [5, 5.41) is 11.8. The minimum atomic E-state index is -0.193. The van der Waals surface area contributed by atoms with E-state index in [1.807, 2.05) is 6.07 Å². The van der Waals surface area contributed by atoms with Crippen LogP contribution in [0.2, 0.25) is 0 Å². The lowest BCUT2D eigenvalue weighted by atomic mass is 10.0. The number of carbonyl (C=O) groups excluding carboxylic acids is 1. The van der Waals surface area contributed by atoms with Gasteiger partial charge in [0.25, 0.3) is 5.91 Å².